The lowest BCUT2D eigenvalue weighted by Gasteiger charge is -2.12. The highest BCUT2D eigenvalue weighted by Gasteiger charge is 2.21. The van der Waals surface area contributed by atoms with Crippen molar-refractivity contribution in [1.82, 2.24) is 24.8 Å². The second-order valence-electron chi connectivity index (χ2n) is 5.15. The molecule has 0 saturated heterocycles. The number of nitrogens with zero attached hydrogens (tertiary/aromatic N) is 5. The van der Waals surface area contributed by atoms with Crippen LogP contribution in [-0.4, -0.2) is 36.0 Å². The van der Waals surface area contributed by atoms with Crippen molar-refractivity contribution >= 4 is 46.7 Å². The number of halogens is 2. The molecule has 134 valence electrons. The molecule has 3 aromatic rings. The third kappa shape index (κ3) is 4.06. The Kier molecular flexibility index (Phi) is 5.60. The third-order valence-electron chi connectivity index (χ3n) is 3.29. The Hall–Kier alpha value is -2.36. The lowest BCUT2D eigenvalue weighted by atomic mass is 10.3. The van der Waals surface area contributed by atoms with Gasteiger partial charge in [-0.15, -0.1) is 10.2 Å². The Morgan fingerprint density at radius 1 is 1.35 bits per heavy atom. The van der Waals surface area contributed by atoms with E-state index in [0.29, 0.717) is 16.0 Å². The molecule has 8 nitrogen and oxygen atoms in total. The van der Waals surface area contributed by atoms with Crippen molar-refractivity contribution in [2.24, 2.45) is 0 Å². The molecule has 0 spiro atoms. The quantitative estimate of drug-likeness (QED) is 0.491. The number of thioether (sulfide) groups is 1. The minimum atomic E-state index is -0.517. The summed E-state index contributed by atoms with van der Waals surface area (Å²) in [6, 6.07) is 5.09. The summed E-state index contributed by atoms with van der Waals surface area (Å²) in [5, 5.41) is 11.2. The van der Waals surface area contributed by atoms with Gasteiger partial charge in [0.2, 0.25) is 11.1 Å². The highest BCUT2D eigenvalue weighted by atomic mass is 35.5. The summed E-state index contributed by atoms with van der Waals surface area (Å²) < 4.78 is 1.32. The van der Waals surface area contributed by atoms with Gasteiger partial charge in [-0.1, -0.05) is 35.0 Å². The zero-order valence-corrected chi connectivity index (χ0v) is 15.8. The summed E-state index contributed by atoms with van der Waals surface area (Å²) in [7, 11) is 0. The molecule has 1 amide bonds. The Morgan fingerprint density at radius 2 is 2.15 bits per heavy atom. The minimum absolute atomic E-state index is 0.235. The highest BCUT2D eigenvalue weighted by Crippen LogP contribution is 2.27. The van der Waals surface area contributed by atoms with Crippen LogP contribution < -0.4 is 11.2 Å². The zero-order chi connectivity index (χ0) is 18.7. The van der Waals surface area contributed by atoms with E-state index < -0.39 is 5.25 Å². The molecule has 3 N–H and O–H groups in total. The summed E-state index contributed by atoms with van der Waals surface area (Å²) >= 11 is 13.0. The fourth-order valence-corrected chi connectivity index (χ4v) is 3.18. The van der Waals surface area contributed by atoms with Crippen molar-refractivity contribution in [3.8, 4) is 11.4 Å². The van der Waals surface area contributed by atoms with Gasteiger partial charge in [0.15, 0.2) is 11.6 Å². The van der Waals surface area contributed by atoms with Gasteiger partial charge in [0.25, 0.3) is 0 Å². The van der Waals surface area contributed by atoms with Crippen molar-refractivity contribution in [3.63, 3.8) is 0 Å². The SMILES string of the molecule is C[C@@H](Sc1nnc(-c2cccnc2)n1N)C(=O)Nc1ncc(Cl)cc1Cl. The Morgan fingerprint density at radius 3 is 2.85 bits per heavy atom. The van der Waals surface area contributed by atoms with E-state index in [4.69, 9.17) is 29.0 Å². The predicted octanol–water partition coefficient (Wildman–Crippen LogP) is 2.88. The normalized spacial score (nSPS) is 12.0. The van der Waals surface area contributed by atoms with Gasteiger partial charge in [-0.3, -0.25) is 9.78 Å². The first-order valence-corrected chi connectivity index (χ1v) is 8.98. The average Bonchev–Trinajstić information content (AvgIpc) is 2.98. The van der Waals surface area contributed by atoms with Crippen molar-refractivity contribution in [2.75, 3.05) is 11.2 Å². The first-order chi connectivity index (χ1) is 12.5. The number of anilines is 1. The van der Waals surface area contributed by atoms with Crippen molar-refractivity contribution in [2.45, 2.75) is 17.3 Å². The predicted molar refractivity (Wildman–Crippen MR) is 102 cm³/mol. The molecular formula is C15H13Cl2N7OS. The molecule has 0 fully saturated rings. The molecule has 0 saturated carbocycles. The highest BCUT2D eigenvalue weighted by molar-refractivity contribution is 8.00. The van der Waals surface area contributed by atoms with Crippen LogP contribution in [0.15, 0.2) is 41.9 Å². The molecule has 1 atom stereocenters. The van der Waals surface area contributed by atoms with E-state index in [1.54, 1.807) is 25.4 Å². The monoisotopic (exact) mass is 409 g/mol. The van der Waals surface area contributed by atoms with Gasteiger partial charge in [0, 0.05) is 24.2 Å². The van der Waals surface area contributed by atoms with Crippen LogP contribution >= 0.6 is 35.0 Å². The zero-order valence-electron chi connectivity index (χ0n) is 13.4. The molecule has 3 heterocycles. The van der Waals surface area contributed by atoms with E-state index in [1.165, 1.54) is 16.9 Å². The molecule has 11 heteroatoms. The molecular weight excluding hydrogens is 397 g/mol. The molecule has 0 bridgehead atoms. The topological polar surface area (TPSA) is 112 Å². The number of amides is 1. The minimum Gasteiger partial charge on any atom is -0.335 e. The summed E-state index contributed by atoms with van der Waals surface area (Å²) in [6.07, 6.45) is 4.68. The number of aromatic nitrogens is 5. The number of nitrogens with one attached hydrogen (secondary N) is 1. The lowest BCUT2D eigenvalue weighted by Crippen LogP contribution is -2.24. The molecule has 0 aliphatic heterocycles. The van der Waals surface area contributed by atoms with E-state index in [0.717, 1.165) is 17.3 Å². The standard InChI is InChI=1S/C15H13Cl2N7OS/c1-8(14(25)21-12-11(17)5-10(16)7-20-12)26-15-23-22-13(24(15)18)9-3-2-4-19-6-9/h2-8H,18H2,1H3,(H,20,21,25)/t8-/m1/s1. The van der Waals surface area contributed by atoms with Gasteiger partial charge in [0.05, 0.1) is 15.3 Å². The van der Waals surface area contributed by atoms with Crippen molar-refractivity contribution in [3.05, 3.63) is 46.8 Å². The molecule has 0 radical (unpaired) electrons. The van der Waals surface area contributed by atoms with Crippen LogP contribution in [0, 0.1) is 0 Å². The molecule has 0 aliphatic carbocycles. The number of pyridine rings is 2. The summed E-state index contributed by atoms with van der Waals surface area (Å²) in [5.74, 6) is 6.42. The number of carbonyl (C=O) groups excluding carboxylic acids is 1. The van der Waals surface area contributed by atoms with Crippen molar-refractivity contribution < 1.29 is 4.79 Å². The molecule has 3 rings (SSSR count). The Bertz CT molecular complexity index is 935. The Balaban J connectivity index is 1.71. The second-order valence-corrected chi connectivity index (χ2v) is 7.30. The van der Waals surface area contributed by atoms with Crippen LogP contribution in [-0.2, 0) is 4.79 Å². The molecule has 26 heavy (non-hydrogen) atoms. The Labute approximate surface area is 163 Å². The fourth-order valence-electron chi connectivity index (χ4n) is 1.99. The first kappa shape index (κ1) is 18.4. The van der Waals surface area contributed by atoms with E-state index in [-0.39, 0.29) is 16.7 Å². The van der Waals surface area contributed by atoms with Gasteiger partial charge in [-0.2, -0.15) is 0 Å². The van der Waals surface area contributed by atoms with Crippen LogP contribution in [0.5, 0.6) is 0 Å². The van der Waals surface area contributed by atoms with Crippen molar-refractivity contribution in [1.29, 1.82) is 0 Å². The van der Waals surface area contributed by atoms with Gasteiger partial charge in [-0.05, 0) is 25.1 Å². The summed E-state index contributed by atoms with van der Waals surface area (Å²) in [5.41, 5.74) is 0.726. The number of rotatable bonds is 5. The van der Waals surface area contributed by atoms with Crippen LogP contribution in [0.4, 0.5) is 5.82 Å². The van der Waals surface area contributed by atoms with Gasteiger partial charge in [-0.25, -0.2) is 9.66 Å². The van der Waals surface area contributed by atoms with E-state index in [1.807, 2.05) is 6.07 Å². The maximum atomic E-state index is 12.4. The number of hydrogen-bond acceptors (Lipinski definition) is 7. The molecule has 0 unspecified atom stereocenters. The van der Waals surface area contributed by atoms with Crippen LogP contribution in [0.2, 0.25) is 10.0 Å². The largest absolute Gasteiger partial charge is 0.335 e. The number of nitrogen functional groups attached to an aromatic ring is 1. The number of hydrogen-bond donors (Lipinski definition) is 2. The maximum absolute atomic E-state index is 12.4. The molecule has 0 aliphatic rings. The van der Waals surface area contributed by atoms with Gasteiger partial charge < -0.3 is 11.2 Å². The van der Waals surface area contributed by atoms with Gasteiger partial charge in [0.1, 0.15) is 0 Å². The van der Waals surface area contributed by atoms with E-state index >= 15 is 0 Å². The second kappa shape index (κ2) is 7.90. The molecule has 3 aromatic heterocycles. The van der Waals surface area contributed by atoms with Crippen LogP contribution in [0.3, 0.4) is 0 Å². The maximum Gasteiger partial charge on any atom is 0.238 e. The smallest absolute Gasteiger partial charge is 0.238 e. The van der Waals surface area contributed by atoms with Crippen LogP contribution in [0.1, 0.15) is 6.92 Å². The number of nitrogens with two attached hydrogens (primary N) is 1. The van der Waals surface area contributed by atoms with E-state index in [9.17, 15) is 4.79 Å². The lowest BCUT2D eigenvalue weighted by molar-refractivity contribution is -0.115. The first-order valence-electron chi connectivity index (χ1n) is 7.35. The summed E-state index contributed by atoms with van der Waals surface area (Å²) in [6.45, 7) is 1.71. The van der Waals surface area contributed by atoms with E-state index in [2.05, 4.69) is 25.5 Å². The third-order valence-corrected chi connectivity index (χ3v) is 4.84. The van der Waals surface area contributed by atoms with Gasteiger partial charge >= 0.3 is 0 Å². The summed E-state index contributed by atoms with van der Waals surface area (Å²) in [4.78, 5) is 20.4. The number of carbonyl (C=O) groups is 1. The van der Waals surface area contributed by atoms with Crippen LogP contribution in [0.25, 0.3) is 11.4 Å². The molecule has 0 aromatic carbocycles. The fraction of sp³-hybridized carbons (Fsp3) is 0.133. The average molecular weight is 410 g/mol.